The number of sulfonamides is 1. The highest BCUT2D eigenvalue weighted by atomic mass is 35.5. The number of hydrogen-bond donors (Lipinski definition) is 1. The van der Waals surface area contributed by atoms with Crippen molar-refractivity contribution in [3.8, 4) is 0 Å². The minimum absolute atomic E-state index is 0.00157. The largest absolute Gasteiger partial charge is 0.377 e. The van der Waals surface area contributed by atoms with E-state index >= 15 is 0 Å². The summed E-state index contributed by atoms with van der Waals surface area (Å²) in [7, 11) is -3.61. The van der Waals surface area contributed by atoms with Crippen molar-refractivity contribution in [2.45, 2.75) is 17.7 Å². The van der Waals surface area contributed by atoms with Gasteiger partial charge in [0.05, 0.1) is 16.4 Å². The van der Waals surface area contributed by atoms with Gasteiger partial charge in [0.25, 0.3) is 5.69 Å². The minimum Gasteiger partial charge on any atom is -0.377 e. The molecule has 148 valence electrons. The first-order chi connectivity index (χ1) is 13.3. The summed E-state index contributed by atoms with van der Waals surface area (Å²) in [6.45, 7) is 0.820. The maximum atomic E-state index is 12.6. The Kier molecular flexibility index (Phi) is 5.97. The van der Waals surface area contributed by atoms with E-state index in [0.717, 1.165) is 12.8 Å². The van der Waals surface area contributed by atoms with Crippen LogP contribution in [0.5, 0.6) is 0 Å². The first-order valence-electron chi connectivity index (χ1n) is 8.60. The third kappa shape index (κ3) is 4.32. The lowest BCUT2D eigenvalue weighted by Crippen LogP contribution is -2.28. The average Bonchev–Trinajstić information content (AvgIpc) is 3.22. The van der Waals surface area contributed by atoms with Crippen LogP contribution >= 0.6 is 11.6 Å². The molecule has 0 spiro atoms. The van der Waals surface area contributed by atoms with Gasteiger partial charge in [-0.25, -0.2) is 8.42 Å². The van der Waals surface area contributed by atoms with Gasteiger partial charge in [0.1, 0.15) is 5.02 Å². The number of hydrogen-bond acceptors (Lipinski definition) is 6. The number of carbonyl (C=O) groups is 1. The predicted molar refractivity (Wildman–Crippen MR) is 105 cm³/mol. The van der Waals surface area contributed by atoms with Gasteiger partial charge in [0.2, 0.25) is 10.0 Å². The highest BCUT2D eigenvalue weighted by Crippen LogP contribution is 2.27. The molecule has 1 aliphatic heterocycles. The van der Waals surface area contributed by atoms with Crippen molar-refractivity contribution in [3.63, 3.8) is 0 Å². The number of carbonyl (C=O) groups excluding carboxylic acids is 1. The normalized spacial score (nSPS) is 14.8. The molecule has 0 amide bonds. The van der Waals surface area contributed by atoms with Crippen LogP contribution in [0.1, 0.15) is 23.2 Å². The van der Waals surface area contributed by atoms with Crippen molar-refractivity contribution in [1.29, 1.82) is 0 Å². The Morgan fingerprint density at radius 3 is 2.57 bits per heavy atom. The second-order valence-corrected chi connectivity index (χ2v) is 8.68. The van der Waals surface area contributed by atoms with Crippen molar-refractivity contribution in [2.75, 3.05) is 25.0 Å². The van der Waals surface area contributed by atoms with E-state index in [9.17, 15) is 23.3 Å². The van der Waals surface area contributed by atoms with Crippen molar-refractivity contribution in [1.82, 2.24) is 4.31 Å². The van der Waals surface area contributed by atoms with Crippen LogP contribution < -0.4 is 5.32 Å². The fraction of sp³-hybridized carbons (Fsp3) is 0.278. The van der Waals surface area contributed by atoms with Gasteiger partial charge in [-0.15, -0.1) is 0 Å². The molecular weight excluding hydrogens is 406 g/mol. The quantitative estimate of drug-likeness (QED) is 0.415. The number of halogens is 1. The molecule has 0 unspecified atom stereocenters. The molecule has 2 aromatic carbocycles. The summed E-state index contributed by atoms with van der Waals surface area (Å²) < 4.78 is 26.7. The molecule has 1 aliphatic rings. The lowest BCUT2D eigenvalue weighted by Gasteiger charge is -2.16. The van der Waals surface area contributed by atoms with Crippen molar-refractivity contribution in [3.05, 3.63) is 63.2 Å². The maximum absolute atomic E-state index is 12.6. The summed E-state index contributed by atoms with van der Waals surface area (Å²) in [4.78, 5) is 22.9. The van der Waals surface area contributed by atoms with Crippen LogP contribution in [0.3, 0.4) is 0 Å². The Morgan fingerprint density at radius 1 is 1.18 bits per heavy atom. The fourth-order valence-corrected chi connectivity index (χ4v) is 4.70. The number of benzene rings is 2. The lowest BCUT2D eigenvalue weighted by atomic mass is 10.1. The van der Waals surface area contributed by atoms with E-state index in [2.05, 4.69) is 5.32 Å². The maximum Gasteiger partial charge on any atom is 0.289 e. The Bertz CT molecular complexity index is 1020. The Hall–Kier alpha value is -2.49. The highest BCUT2D eigenvalue weighted by Gasteiger charge is 2.27. The van der Waals surface area contributed by atoms with Crippen LogP contribution in [0.15, 0.2) is 47.4 Å². The van der Waals surface area contributed by atoms with E-state index in [1.54, 1.807) is 0 Å². The Morgan fingerprint density at radius 2 is 1.89 bits per heavy atom. The molecule has 3 rings (SSSR count). The van der Waals surface area contributed by atoms with Gasteiger partial charge in [0.15, 0.2) is 5.78 Å². The van der Waals surface area contributed by atoms with Crippen LogP contribution in [-0.4, -0.2) is 43.1 Å². The van der Waals surface area contributed by atoms with Gasteiger partial charge in [-0.05, 0) is 37.1 Å². The fourth-order valence-electron chi connectivity index (χ4n) is 2.95. The number of nitrogens with zero attached hydrogens (tertiary/aromatic N) is 2. The molecule has 28 heavy (non-hydrogen) atoms. The molecule has 0 aromatic heterocycles. The number of Topliss-reactive ketones (excluding diaryl/α,β-unsaturated/α-hetero) is 1. The highest BCUT2D eigenvalue weighted by molar-refractivity contribution is 7.89. The zero-order chi connectivity index (χ0) is 20.3. The van der Waals surface area contributed by atoms with E-state index in [4.69, 9.17) is 11.6 Å². The summed E-state index contributed by atoms with van der Waals surface area (Å²) in [5.74, 6) is -0.337. The molecule has 0 bridgehead atoms. The molecule has 1 heterocycles. The first kappa shape index (κ1) is 20.2. The molecule has 8 nitrogen and oxygen atoms in total. The number of anilines is 1. The SMILES string of the molecule is O=C(CNc1ccc(Cl)c([N+](=O)[O-])c1)c1cccc(S(=O)(=O)N2CCCC2)c1. The summed E-state index contributed by atoms with van der Waals surface area (Å²) in [5, 5.41) is 13.7. The third-order valence-corrected chi connectivity index (χ3v) is 6.67. The smallest absolute Gasteiger partial charge is 0.289 e. The van der Waals surface area contributed by atoms with E-state index in [0.29, 0.717) is 18.8 Å². The van der Waals surface area contributed by atoms with Gasteiger partial charge in [-0.2, -0.15) is 4.31 Å². The van der Waals surface area contributed by atoms with E-state index in [1.807, 2.05) is 0 Å². The van der Waals surface area contributed by atoms with Crippen LogP contribution in [-0.2, 0) is 10.0 Å². The number of ketones is 1. The molecule has 2 aromatic rings. The van der Waals surface area contributed by atoms with Gasteiger partial charge in [-0.1, -0.05) is 23.7 Å². The van der Waals surface area contributed by atoms with Gasteiger partial charge >= 0.3 is 0 Å². The van der Waals surface area contributed by atoms with E-state index < -0.39 is 14.9 Å². The molecule has 0 saturated carbocycles. The lowest BCUT2D eigenvalue weighted by molar-refractivity contribution is -0.384. The molecule has 0 aliphatic carbocycles. The summed E-state index contributed by atoms with van der Waals surface area (Å²) in [6, 6.07) is 10.0. The average molecular weight is 424 g/mol. The predicted octanol–water partition coefficient (Wildman–Crippen LogP) is 3.33. The molecule has 10 heteroatoms. The summed E-state index contributed by atoms with van der Waals surface area (Å²) in [6.07, 6.45) is 1.66. The summed E-state index contributed by atoms with van der Waals surface area (Å²) in [5.41, 5.74) is 0.347. The van der Waals surface area contributed by atoms with Crippen LogP contribution in [0, 0.1) is 10.1 Å². The second-order valence-electron chi connectivity index (χ2n) is 6.34. The Balaban J connectivity index is 1.73. The zero-order valence-electron chi connectivity index (χ0n) is 14.8. The molecule has 1 N–H and O–H groups in total. The van der Waals surface area contributed by atoms with E-state index in [-0.39, 0.29) is 33.5 Å². The molecule has 1 fully saturated rings. The Labute approximate surface area is 167 Å². The number of nitrogens with one attached hydrogen (secondary N) is 1. The zero-order valence-corrected chi connectivity index (χ0v) is 16.4. The summed E-state index contributed by atoms with van der Waals surface area (Å²) >= 11 is 5.77. The van der Waals surface area contributed by atoms with Gasteiger partial charge in [-0.3, -0.25) is 14.9 Å². The molecule has 0 atom stereocenters. The van der Waals surface area contributed by atoms with Gasteiger partial charge < -0.3 is 5.32 Å². The van der Waals surface area contributed by atoms with Crippen LogP contribution in [0.25, 0.3) is 0 Å². The van der Waals surface area contributed by atoms with Crippen molar-refractivity contribution < 1.29 is 18.1 Å². The van der Waals surface area contributed by atoms with Crippen molar-refractivity contribution >= 4 is 38.8 Å². The second kappa shape index (κ2) is 8.26. The van der Waals surface area contributed by atoms with Crippen LogP contribution in [0.2, 0.25) is 5.02 Å². The first-order valence-corrected chi connectivity index (χ1v) is 10.4. The number of nitro groups is 1. The van der Waals surface area contributed by atoms with Crippen LogP contribution in [0.4, 0.5) is 11.4 Å². The minimum atomic E-state index is -3.61. The van der Waals surface area contributed by atoms with Gasteiger partial charge in [0, 0.05) is 30.4 Å². The molecular formula is C18H18ClN3O5S. The monoisotopic (exact) mass is 423 g/mol. The number of rotatable bonds is 7. The van der Waals surface area contributed by atoms with E-state index in [1.165, 1.54) is 46.8 Å². The topological polar surface area (TPSA) is 110 Å². The standard InChI is InChI=1S/C18H18ClN3O5S/c19-16-7-6-14(11-17(16)22(24)25)20-12-18(23)13-4-3-5-15(10-13)28(26,27)21-8-1-2-9-21/h3-7,10-11,20H,1-2,8-9,12H2. The molecule has 1 saturated heterocycles. The van der Waals surface area contributed by atoms with Crippen molar-refractivity contribution in [2.24, 2.45) is 0 Å². The third-order valence-electron chi connectivity index (χ3n) is 4.45. The number of nitro benzene ring substituents is 1. The molecule has 0 radical (unpaired) electrons.